The molecule has 0 amide bonds. The second-order valence-electron chi connectivity index (χ2n) is 0.365. The summed E-state index contributed by atoms with van der Waals surface area (Å²) in [6.07, 6.45) is 0. The molecule has 0 fully saturated rings. The topological polar surface area (TPSA) is 23.3 Å². The van der Waals surface area contributed by atoms with Crippen molar-refractivity contribution in [3.05, 3.63) is 12.9 Å². The molecule has 0 rings (SSSR count). The van der Waals surface area contributed by atoms with Crippen LogP contribution in [0.15, 0.2) is 0 Å². The van der Waals surface area contributed by atoms with Gasteiger partial charge in [0.15, 0.2) is 0 Å². The number of hydrogen-bond acceptors (Lipinski definition) is 1. The van der Waals surface area contributed by atoms with Crippen LogP contribution in [0.1, 0.15) is 0 Å². The third-order valence-corrected chi connectivity index (χ3v) is 0.183. The van der Waals surface area contributed by atoms with Gasteiger partial charge >= 0.3 is 25.4 Å². The van der Waals surface area contributed by atoms with Gasteiger partial charge in [-0.15, -0.1) is 7.05 Å². The van der Waals surface area contributed by atoms with Gasteiger partial charge in [-0.1, -0.05) is 0 Å². The minimum Gasteiger partial charge on any atom is -0.358 e. The SMILES string of the molecule is C[N-]OC.[Al+2][Cl].[CH3-]. The molecular formula is C3H9AlClNO. The van der Waals surface area contributed by atoms with E-state index in [4.69, 9.17) is 0 Å². The number of nitrogens with zero attached hydrogens (tertiary/aromatic N) is 1. The molecule has 4 heteroatoms. The van der Waals surface area contributed by atoms with E-state index in [0.717, 1.165) is 0 Å². The summed E-state index contributed by atoms with van der Waals surface area (Å²) in [6.45, 7) is 0. The van der Waals surface area contributed by atoms with Crippen molar-refractivity contribution in [1.29, 1.82) is 0 Å². The van der Waals surface area contributed by atoms with Gasteiger partial charge in [-0.2, -0.15) is 0 Å². The molecule has 0 N–H and O–H groups in total. The molecule has 2 nitrogen and oxygen atoms in total. The minimum atomic E-state index is 0. The molecule has 7 heavy (non-hydrogen) atoms. The minimum absolute atomic E-state index is 0. The van der Waals surface area contributed by atoms with E-state index in [9.17, 15) is 0 Å². The van der Waals surface area contributed by atoms with Crippen molar-refractivity contribution >= 4 is 25.4 Å². The van der Waals surface area contributed by atoms with Crippen LogP contribution >= 0.6 is 10.0 Å². The Morgan fingerprint density at radius 2 is 1.71 bits per heavy atom. The Balaban J connectivity index is -0.0000000480. The summed E-state index contributed by atoms with van der Waals surface area (Å²) in [6, 6.07) is 0. The van der Waals surface area contributed by atoms with Crippen molar-refractivity contribution in [1.82, 2.24) is 0 Å². The first kappa shape index (κ1) is 15.6. The summed E-state index contributed by atoms with van der Waals surface area (Å²) >= 11 is 1.89. The Morgan fingerprint density at radius 3 is 1.71 bits per heavy atom. The number of hydroxylamine groups is 1. The molecular weight excluding hydrogens is 128 g/mol. The van der Waals surface area contributed by atoms with E-state index in [1.165, 1.54) is 7.11 Å². The summed E-state index contributed by atoms with van der Waals surface area (Å²) in [5.74, 6) is 0. The summed E-state index contributed by atoms with van der Waals surface area (Å²) in [7, 11) is 7.65. The normalized spacial score (nSPS) is 5.29. The molecule has 0 atom stereocenters. The molecule has 0 aromatic rings. The summed E-state index contributed by atoms with van der Waals surface area (Å²) < 4.78 is 0. The molecule has 0 radical (unpaired) electrons. The van der Waals surface area contributed by atoms with Gasteiger partial charge in [-0.05, 0) is 0 Å². The van der Waals surface area contributed by atoms with Crippen LogP contribution in [0.5, 0.6) is 0 Å². The smallest absolute Gasteiger partial charge is 0.358 e. The molecule has 0 saturated carbocycles. The molecule has 0 aliphatic rings. The Bertz CT molecular complexity index is 16.9. The van der Waals surface area contributed by atoms with Gasteiger partial charge in [0.05, 0.1) is 0 Å². The van der Waals surface area contributed by atoms with Crippen LogP contribution < -0.4 is 0 Å². The van der Waals surface area contributed by atoms with Crippen LogP contribution in [0.25, 0.3) is 5.48 Å². The van der Waals surface area contributed by atoms with Gasteiger partial charge in [0.2, 0.25) is 0 Å². The quantitative estimate of drug-likeness (QED) is 0.304. The average Bonchev–Trinajstić information content (AvgIpc) is 1.72. The maximum absolute atomic E-state index is 4.56. The molecule has 0 unspecified atom stereocenters. The molecule has 0 aromatic carbocycles. The van der Waals surface area contributed by atoms with Gasteiger partial charge in [-0.3, -0.25) is 0 Å². The summed E-state index contributed by atoms with van der Waals surface area (Å²) in [5, 5.41) is 0. The maximum atomic E-state index is 4.56. The van der Waals surface area contributed by atoms with E-state index in [1.54, 1.807) is 7.05 Å². The second kappa shape index (κ2) is 29.6. The molecule has 0 aliphatic carbocycles. The van der Waals surface area contributed by atoms with Gasteiger partial charge in [0.1, 0.15) is 0 Å². The van der Waals surface area contributed by atoms with E-state index in [0.29, 0.717) is 0 Å². The van der Waals surface area contributed by atoms with E-state index in [-0.39, 0.29) is 7.43 Å². The predicted molar refractivity (Wildman–Crippen MR) is 34.3 cm³/mol. The van der Waals surface area contributed by atoms with Crippen LogP contribution in [-0.2, 0) is 4.84 Å². The Labute approximate surface area is 57.8 Å². The van der Waals surface area contributed by atoms with Gasteiger partial charge < -0.3 is 17.7 Å². The van der Waals surface area contributed by atoms with Crippen molar-refractivity contribution in [2.45, 2.75) is 0 Å². The third-order valence-electron chi connectivity index (χ3n) is 0.183. The third kappa shape index (κ3) is 49.9. The zero-order chi connectivity index (χ0) is 5.41. The fourth-order valence-corrected chi connectivity index (χ4v) is 0. The number of rotatable bonds is 1. The van der Waals surface area contributed by atoms with Crippen LogP contribution in [0.4, 0.5) is 0 Å². The molecule has 0 aromatic heterocycles. The van der Waals surface area contributed by atoms with Crippen molar-refractivity contribution in [3.8, 4) is 0 Å². The summed E-state index contributed by atoms with van der Waals surface area (Å²) in [4.78, 5) is 4.17. The summed E-state index contributed by atoms with van der Waals surface area (Å²) in [5.41, 5.74) is 3.24. The standard InChI is InChI=1S/C2H6NO.CH3.Al.ClH/c1-3-4-2;;;/h1-2H3;1H3;;1H/q2*-1;+3;/p-1. The first-order valence-corrected chi connectivity index (χ1v) is 3.00. The zero-order valence-corrected chi connectivity index (χ0v) is 6.72. The Hall–Kier alpha value is 0.742. The van der Waals surface area contributed by atoms with Crippen LogP contribution in [0, 0.1) is 7.43 Å². The van der Waals surface area contributed by atoms with Gasteiger partial charge in [0.25, 0.3) is 0 Å². The van der Waals surface area contributed by atoms with Crippen molar-refractivity contribution in [2.24, 2.45) is 0 Å². The Morgan fingerprint density at radius 1 is 1.57 bits per heavy atom. The van der Waals surface area contributed by atoms with Gasteiger partial charge in [0, 0.05) is 7.11 Å². The molecule has 0 saturated heterocycles. The molecule has 0 aliphatic heterocycles. The molecule has 0 spiro atoms. The first-order valence-electron chi connectivity index (χ1n) is 1.26. The monoisotopic (exact) mass is 137 g/mol. The number of halogens is 1. The van der Waals surface area contributed by atoms with Crippen molar-refractivity contribution in [3.63, 3.8) is 0 Å². The van der Waals surface area contributed by atoms with Crippen LogP contribution in [0.3, 0.4) is 0 Å². The number of hydrogen-bond donors (Lipinski definition) is 0. The predicted octanol–water partition coefficient (Wildman–Crippen LogP) is 1.31. The van der Waals surface area contributed by atoms with Crippen molar-refractivity contribution in [2.75, 3.05) is 14.2 Å². The van der Waals surface area contributed by atoms with Crippen LogP contribution in [0.2, 0.25) is 0 Å². The second-order valence-corrected chi connectivity index (χ2v) is 0.365. The van der Waals surface area contributed by atoms with E-state index in [1.807, 2.05) is 15.4 Å². The van der Waals surface area contributed by atoms with Gasteiger partial charge in [-0.25, -0.2) is 0 Å². The van der Waals surface area contributed by atoms with E-state index >= 15 is 0 Å². The van der Waals surface area contributed by atoms with E-state index < -0.39 is 0 Å². The molecule has 42 valence electrons. The average molecular weight is 138 g/mol. The van der Waals surface area contributed by atoms with Crippen molar-refractivity contribution < 1.29 is 4.84 Å². The first-order chi connectivity index (χ1) is 2.91. The largest absolute Gasteiger partial charge is 0.358 e. The molecule has 0 bridgehead atoms. The molecule has 0 heterocycles. The zero-order valence-electron chi connectivity index (χ0n) is 4.81. The fraction of sp³-hybridized carbons (Fsp3) is 0.667. The fourth-order valence-electron chi connectivity index (χ4n) is 0. The van der Waals surface area contributed by atoms with E-state index in [2.05, 4.69) is 20.4 Å². The Kier molecular flexibility index (Phi) is 66.1. The van der Waals surface area contributed by atoms with Crippen LogP contribution in [-0.4, -0.2) is 29.5 Å². The maximum Gasteiger partial charge on any atom is -0.358 e.